The van der Waals surface area contributed by atoms with E-state index in [0.29, 0.717) is 5.69 Å². The molecule has 2 amide bonds. The van der Waals surface area contributed by atoms with Crippen molar-refractivity contribution in [2.24, 2.45) is 0 Å². The number of anilines is 1. The maximum Gasteiger partial charge on any atom is 0.337 e. The van der Waals surface area contributed by atoms with Crippen LogP contribution in [0.2, 0.25) is 0 Å². The number of carboxylic acid groups (broad SMARTS) is 1. The van der Waals surface area contributed by atoms with Gasteiger partial charge in [-0.1, -0.05) is 19.3 Å². The smallest absolute Gasteiger partial charge is 0.337 e. The van der Waals surface area contributed by atoms with Crippen molar-refractivity contribution in [2.45, 2.75) is 44.6 Å². The summed E-state index contributed by atoms with van der Waals surface area (Å²) in [6.45, 7) is 2.04. The fraction of sp³-hybridized carbons (Fsp3) is 0.500. The zero-order valence-electron chi connectivity index (χ0n) is 11.5. The molecule has 1 fully saturated rings. The van der Waals surface area contributed by atoms with E-state index in [1.165, 1.54) is 24.9 Å². The van der Waals surface area contributed by atoms with Crippen molar-refractivity contribution in [3.05, 3.63) is 24.0 Å². The van der Waals surface area contributed by atoms with Crippen LogP contribution in [-0.2, 0) is 0 Å². The van der Waals surface area contributed by atoms with Crippen LogP contribution in [0, 0.1) is 0 Å². The predicted molar refractivity (Wildman–Crippen MR) is 74.8 cm³/mol. The largest absolute Gasteiger partial charge is 0.478 e. The van der Waals surface area contributed by atoms with Gasteiger partial charge in [-0.25, -0.2) is 9.59 Å². The molecule has 6 heteroatoms. The Morgan fingerprint density at radius 1 is 1.25 bits per heavy atom. The molecule has 6 nitrogen and oxygen atoms in total. The van der Waals surface area contributed by atoms with Crippen LogP contribution in [0.4, 0.5) is 10.5 Å². The van der Waals surface area contributed by atoms with Crippen LogP contribution in [0.1, 0.15) is 49.4 Å². The van der Waals surface area contributed by atoms with Gasteiger partial charge in [0.2, 0.25) is 0 Å². The van der Waals surface area contributed by atoms with Crippen molar-refractivity contribution in [3.63, 3.8) is 0 Å². The molecule has 0 aromatic carbocycles. The summed E-state index contributed by atoms with van der Waals surface area (Å²) >= 11 is 0. The molecule has 0 unspecified atom stereocenters. The predicted octanol–water partition coefficient (Wildman–Crippen LogP) is 2.62. The van der Waals surface area contributed by atoms with E-state index < -0.39 is 5.97 Å². The van der Waals surface area contributed by atoms with E-state index in [4.69, 9.17) is 5.11 Å². The molecule has 1 saturated carbocycles. The Labute approximate surface area is 117 Å². The molecular weight excluding hydrogens is 258 g/mol. The number of hydrogen-bond acceptors (Lipinski definition) is 3. The number of nitrogens with zero attached hydrogens (tertiary/aromatic N) is 1. The lowest BCUT2D eigenvalue weighted by molar-refractivity contribution is 0.0696. The quantitative estimate of drug-likeness (QED) is 0.792. The third kappa shape index (κ3) is 3.69. The molecule has 0 radical (unpaired) electrons. The molecule has 1 aromatic heterocycles. The second kappa shape index (κ2) is 5.90. The molecule has 1 aromatic rings. The van der Waals surface area contributed by atoms with Gasteiger partial charge >= 0.3 is 12.0 Å². The number of nitrogens with one attached hydrogen (secondary N) is 2. The summed E-state index contributed by atoms with van der Waals surface area (Å²) in [7, 11) is 0. The van der Waals surface area contributed by atoms with Gasteiger partial charge in [0.05, 0.1) is 17.4 Å². The Balaban J connectivity index is 1.97. The third-order valence-electron chi connectivity index (χ3n) is 3.62. The summed E-state index contributed by atoms with van der Waals surface area (Å²) in [5.41, 5.74) is 0.244. The Bertz CT molecular complexity index is 510. The van der Waals surface area contributed by atoms with Gasteiger partial charge in [-0.2, -0.15) is 0 Å². The molecule has 20 heavy (non-hydrogen) atoms. The summed E-state index contributed by atoms with van der Waals surface area (Å²) in [6, 6.07) is 1.07. The van der Waals surface area contributed by atoms with E-state index in [-0.39, 0.29) is 17.1 Å². The molecule has 1 heterocycles. The number of amides is 2. The average Bonchev–Trinajstić information content (AvgIpc) is 2.39. The number of pyridine rings is 1. The fourth-order valence-electron chi connectivity index (χ4n) is 2.52. The average molecular weight is 277 g/mol. The van der Waals surface area contributed by atoms with Crippen LogP contribution in [0.15, 0.2) is 18.5 Å². The minimum atomic E-state index is -1.07. The Morgan fingerprint density at radius 2 is 1.95 bits per heavy atom. The third-order valence-corrected chi connectivity index (χ3v) is 3.62. The van der Waals surface area contributed by atoms with Gasteiger partial charge in [0.1, 0.15) is 0 Å². The molecular formula is C14H19N3O3. The van der Waals surface area contributed by atoms with E-state index in [1.807, 2.05) is 6.92 Å². The highest BCUT2D eigenvalue weighted by molar-refractivity contribution is 5.92. The second-order valence-electron chi connectivity index (χ2n) is 5.47. The number of carbonyl (C=O) groups excluding carboxylic acids is 1. The van der Waals surface area contributed by atoms with Crippen molar-refractivity contribution >= 4 is 17.7 Å². The summed E-state index contributed by atoms with van der Waals surface area (Å²) in [5.74, 6) is -1.07. The second-order valence-corrected chi connectivity index (χ2v) is 5.47. The van der Waals surface area contributed by atoms with Crippen molar-refractivity contribution in [1.82, 2.24) is 10.3 Å². The maximum atomic E-state index is 12.0. The molecule has 0 bridgehead atoms. The van der Waals surface area contributed by atoms with E-state index >= 15 is 0 Å². The van der Waals surface area contributed by atoms with Gasteiger partial charge in [-0.05, 0) is 25.8 Å². The van der Waals surface area contributed by atoms with Gasteiger partial charge in [-0.3, -0.25) is 4.98 Å². The van der Waals surface area contributed by atoms with Crippen molar-refractivity contribution in [1.29, 1.82) is 0 Å². The summed E-state index contributed by atoms with van der Waals surface area (Å²) in [6.07, 6.45) is 8.05. The lowest BCUT2D eigenvalue weighted by Gasteiger charge is -2.34. The van der Waals surface area contributed by atoms with Gasteiger partial charge in [-0.15, -0.1) is 0 Å². The zero-order valence-corrected chi connectivity index (χ0v) is 11.5. The zero-order chi connectivity index (χ0) is 14.6. The minimum Gasteiger partial charge on any atom is -0.478 e. The van der Waals surface area contributed by atoms with Crippen LogP contribution in [0.25, 0.3) is 0 Å². The number of aromatic nitrogens is 1. The first-order valence-electron chi connectivity index (χ1n) is 6.76. The highest BCUT2D eigenvalue weighted by atomic mass is 16.4. The van der Waals surface area contributed by atoms with Gasteiger partial charge in [0.25, 0.3) is 0 Å². The van der Waals surface area contributed by atoms with E-state index in [0.717, 1.165) is 25.7 Å². The number of carboxylic acids is 1. The molecule has 3 N–H and O–H groups in total. The van der Waals surface area contributed by atoms with Crippen LogP contribution < -0.4 is 10.6 Å². The van der Waals surface area contributed by atoms with Crippen molar-refractivity contribution in [2.75, 3.05) is 5.32 Å². The Morgan fingerprint density at radius 3 is 2.60 bits per heavy atom. The summed E-state index contributed by atoms with van der Waals surface area (Å²) in [4.78, 5) is 26.6. The number of aromatic carboxylic acids is 1. The maximum absolute atomic E-state index is 12.0. The standard InChI is InChI=1S/C14H19N3O3/c1-14(5-3-2-4-6-14)17-13(20)16-11-7-10(12(18)19)8-15-9-11/h7-9H,2-6H2,1H3,(H,18,19)(H2,16,17,20). The van der Waals surface area contributed by atoms with Crippen LogP contribution in [-0.4, -0.2) is 27.6 Å². The molecule has 2 rings (SSSR count). The van der Waals surface area contributed by atoms with E-state index in [1.54, 1.807) is 0 Å². The van der Waals surface area contributed by atoms with Gasteiger partial charge in [0.15, 0.2) is 0 Å². The molecule has 0 saturated heterocycles. The first-order valence-corrected chi connectivity index (χ1v) is 6.76. The van der Waals surface area contributed by atoms with Crippen LogP contribution in [0.5, 0.6) is 0 Å². The highest BCUT2D eigenvalue weighted by Gasteiger charge is 2.28. The summed E-state index contributed by atoms with van der Waals surface area (Å²) in [5, 5.41) is 14.5. The molecule has 0 atom stereocenters. The normalized spacial score (nSPS) is 17.2. The van der Waals surface area contributed by atoms with Crippen molar-refractivity contribution < 1.29 is 14.7 Å². The number of rotatable bonds is 3. The first-order chi connectivity index (χ1) is 9.48. The van der Waals surface area contributed by atoms with E-state index in [2.05, 4.69) is 15.6 Å². The fourth-order valence-corrected chi connectivity index (χ4v) is 2.52. The molecule has 0 aliphatic heterocycles. The Kier molecular flexibility index (Phi) is 4.22. The van der Waals surface area contributed by atoms with Crippen LogP contribution in [0.3, 0.4) is 0 Å². The summed E-state index contributed by atoms with van der Waals surface area (Å²) < 4.78 is 0. The topological polar surface area (TPSA) is 91.3 Å². The van der Waals surface area contributed by atoms with Crippen molar-refractivity contribution in [3.8, 4) is 0 Å². The lowest BCUT2D eigenvalue weighted by atomic mass is 9.83. The first kappa shape index (κ1) is 14.3. The van der Waals surface area contributed by atoms with Crippen LogP contribution >= 0.6 is 0 Å². The van der Waals surface area contributed by atoms with Gasteiger partial charge in [0, 0.05) is 11.7 Å². The molecule has 108 valence electrons. The minimum absolute atomic E-state index is 0.0479. The number of hydrogen-bond donors (Lipinski definition) is 3. The van der Waals surface area contributed by atoms with E-state index in [9.17, 15) is 9.59 Å². The number of urea groups is 1. The van der Waals surface area contributed by atoms with Gasteiger partial charge < -0.3 is 15.7 Å². The number of carbonyl (C=O) groups is 2. The lowest BCUT2D eigenvalue weighted by Crippen LogP contribution is -2.48. The highest BCUT2D eigenvalue weighted by Crippen LogP contribution is 2.27. The molecule has 1 aliphatic rings. The monoisotopic (exact) mass is 277 g/mol. The molecule has 0 spiro atoms. The SMILES string of the molecule is CC1(NC(=O)Nc2cncc(C(=O)O)c2)CCCCC1. The molecule has 1 aliphatic carbocycles. The Hall–Kier alpha value is -2.11.